The predicted octanol–water partition coefficient (Wildman–Crippen LogP) is 4.11. The quantitative estimate of drug-likeness (QED) is 0.623. The van der Waals surface area contributed by atoms with Gasteiger partial charge in [0.1, 0.15) is 11.3 Å². The van der Waals surface area contributed by atoms with E-state index >= 15 is 0 Å². The molecule has 7 nitrogen and oxygen atoms in total. The molecule has 0 bridgehead atoms. The van der Waals surface area contributed by atoms with Crippen molar-refractivity contribution in [2.24, 2.45) is 0 Å². The molecule has 0 saturated heterocycles. The molecule has 0 saturated carbocycles. The van der Waals surface area contributed by atoms with E-state index in [1.54, 1.807) is 49.0 Å². The highest BCUT2D eigenvalue weighted by Crippen LogP contribution is 2.37. The second kappa shape index (κ2) is 7.77. The molecule has 0 aliphatic carbocycles. The number of aliphatic hydroxyl groups is 1. The van der Waals surface area contributed by atoms with E-state index in [1.165, 1.54) is 7.11 Å². The maximum atomic E-state index is 12.5. The molecule has 0 radical (unpaired) electrons. The fraction of sp³-hybridized carbons (Fsp3) is 0.350. The Hall–Kier alpha value is -2.64. The molecular weight excluding hydrogens is 382 g/mol. The van der Waals surface area contributed by atoms with Crippen molar-refractivity contribution in [2.75, 3.05) is 7.11 Å². The smallest absolute Gasteiger partial charge is 0.344 e. The van der Waals surface area contributed by atoms with Gasteiger partial charge in [0, 0.05) is 17.8 Å². The van der Waals surface area contributed by atoms with Crippen LogP contribution >= 0.6 is 11.6 Å². The number of hydrogen-bond donors (Lipinski definition) is 1. The number of halogens is 1. The first-order valence-corrected chi connectivity index (χ1v) is 9.18. The molecule has 8 heteroatoms. The number of aryl methyl sites for hydroxylation is 1. The van der Waals surface area contributed by atoms with Gasteiger partial charge in [0.25, 0.3) is 0 Å². The summed E-state index contributed by atoms with van der Waals surface area (Å²) in [4.78, 5) is 12.5. The molecule has 0 aliphatic rings. The van der Waals surface area contributed by atoms with Gasteiger partial charge in [-0.2, -0.15) is 5.10 Å². The fourth-order valence-electron chi connectivity index (χ4n) is 2.88. The van der Waals surface area contributed by atoms with Crippen molar-refractivity contribution in [1.82, 2.24) is 14.9 Å². The molecular formula is C20H22ClN3O4. The second-order valence-corrected chi connectivity index (χ2v) is 7.54. The van der Waals surface area contributed by atoms with E-state index < -0.39 is 11.6 Å². The third kappa shape index (κ3) is 3.95. The van der Waals surface area contributed by atoms with Gasteiger partial charge < -0.3 is 14.4 Å². The first kappa shape index (κ1) is 20.1. The number of nitrogens with zero attached hydrogens (tertiary/aromatic N) is 3. The average Bonchev–Trinajstić information content (AvgIpc) is 3.22. The van der Waals surface area contributed by atoms with Crippen molar-refractivity contribution >= 4 is 17.6 Å². The zero-order chi connectivity index (χ0) is 20.5. The number of methoxy groups -OCH3 is 1. The van der Waals surface area contributed by atoms with Crippen LogP contribution in [0, 0.1) is 6.92 Å². The summed E-state index contributed by atoms with van der Waals surface area (Å²) in [7, 11) is 1.30. The predicted molar refractivity (Wildman–Crippen MR) is 105 cm³/mol. The summed E-state index contributed by atoms with van der Waals surface area (Å²) in [5.41, 5.74) is 1.70. The Morgan fingerprint density at radius 2 is 2.04 bits per heavy atom. The molecule has 2 heterocycles. The highest BCUT2D eigenvalue weighted by Gasteiger charge is 2.29. The van der Waals surface area contributed by atoms with Gasteiger partial charge in [0.15, 0.2) is 5.76 Å². The van der Waals surface area contributed by atoms with Crippen molar-refractivity contribution < 1.29 is 19.2 Å². The molecule has 148 valence electrons. The van der Waals surface area contributed by atoms with Crippen LogP contribution in [0.25, 0.3) is 22.6 Å². The van der Waals surface area contributed by atoms with Crippen molar-refractivity contribution in [2.45, 2.75) is 39.3 Å². The Kier molecular flexibility index (Phi) is 5.58. The molecule has 0 atom stereocenters. The summed E-state index contributed by atoms with van der Waals surface area (Å²) in [5.74, 6) is -0.302. The first-order valence-electron chi connectivity index (χ1n) is 8.81. The van der Waals surface area contributed by atoms with Crippen molar-refractivity contribution in [1.29, 1.82) is 0 Å². The van der Waals surface area contributed by atoms with Crippen molar-refractivity contribution in [3.63, 3.8) is 0 Å². The Morgan fingerprint density at radius 3 is 2.68 bits per heavy atom. The second-order valence-electron chi connectivity index (χ2n) is 7.14. The lowest BCUT2D eigenvalue weighted by Crippen LogP contribution is -2.21. The van der Waals surface area contributed by atoms with Crippen LogP contribution in [-0.2, 0) is 11.3 Å². The van der Waals surface area contributed by atoms with Crippen LogP contribution in [0.15, 0.2) is 35.0 Å². The summed E-state index contributed by atoms with van der Waals surface area (Å²) in [6.07, 6.45) is 2.14. The van der Waals surface area contributed by atoms with Gasteiger partial charge in [-0.3, -0.25) is 4.68 Å². The highest BCUT2D eigenvalue weighted by atomic mass is 35.5. The number of aromatic nitrogens is 3. The molecule has 0 amide bonds. The Morgan fingerprint density at radius 1 is 1.32 bits per heavy atom. The molecule has 1 aromatic carbocycles. The summed E-state index contributed by atoms with van der Waals surface area (Å²) < 4.78 is 12.3. The first-order chi connectivity index (χ1) is 13.2. The Labute approximate surface area is 167 Å². The van der Waals surface area contributed by atoms with E-state index in [0.717, 1.165) is 5.69 Å². The fourth-order valence-corrected chi connectivity index (χ4v) is 3.10. The van der Waals surface area contributed by atoms with Crippen LogP contribution in [0.4, 0.5) is 0 Å². The summed E-state index contributed by atoms with van der Waals surface area (Å²) in [5, 5.41) is 18.9. The molecule has 28 heavy (non-hydrogen) atoms. The third-order valence-corrected chi connectivity index (χ3v) is 4.82. The summed E-state index contributed by atoms with van der Waals surface area (Å²) in [6.45, 7) is 5.88. The van der Waals surface area contributed by atoms with Crippen LogP contribution < -0.4 is 0 Å². The van der Waals surface area contributed by atoms with Crippen LogP contribution in [-0.4, -0.2) is 38.7 Å². The lowest BCUT2D eigenvalue weighted by molar-refractivity contribution is 0.0601. The van der Waals surface area contributed by atoms with Gasteiger partial charge in [-0.05, 0) is 33.3 Å². The molecule has 2 aromatic heterocycles. The number of carbonyl (C=O) groups is 1. The number of rotatable bonds is 6. The summed E-state index contributed by atoms with van der Waals surface area (Å²) >= 11 is 6.28. The molecule has 3 aromatic rings. The van der Waals surface area contributed by atoms with Crippen LogP contribution in [0.3, 0.4) is 0 Å². The minimum atomic E-state index is -0.806. The van der Waals surface area contributed by atoms with Crippen molar-refractivity contribution in [3.8, 4) is 22.6 Å². The van der Waals surface area contributed by atoms with E-state index in [9.17, 15) is 9.90 Å². The normalized spacial score (nSPS) is 11.6. The molecule has 3 rings (SSSR count). The van der Waals surface area contributed by atoms with E-state index in [2.05, 4.69) is 10.3 Å². The van der Waals surface area contributed by atoms with E-state index in [-0.39, 0.29) is 11.3 Å². The van der Waals surface area contributed by atoms with Crippen molar-refractivity contribution in [3.05, 3.63) is 46.7 Å². The van der Waals surface area contributed by atoms with E-state index in [1.807, 2.05) is 6.92 Å². The third-order valence-electron chi connectivity index (χ3n) is 4.49. The number of ether oxygens (including phenoxy) is 1. The van der Waals surface area contributed by atoms with Gasteiger partial charge in [-0.1, -0.05) is 35.0 Å². The van der Waals surface area contributed by atoms with Gasteiger partial charge in [-0.25, -0.2) is 4.79 Å². The lowest BCUT2D eigenvalue weighted by Gasteiger charge is -2.17. The van der Waals surface area contributed by atoms with Gasteiger partial charge in [0.05, 0.1) is 29.5 Å². The highest BCUT2D eigenvalue weighted by molar-refractivity contribution is 6.33. The van der Waals surface area contributed by atoms with E-state index in [4.69, 9.17) is 20.9 Å². The monoisotopic (exact) mass is 403 g/mol. The van der Waals surface area contributed by atoms with Crippen LogP contribution in [0.1, 0.15) is 36.3 Å². The van der Waals surface area contributed by atoms with Crippen LogP contribution in [0.5, 0.6) is 0 Å². The molecule has 0 aliphatic heterocycles. The lowest BCUT2D eigenvalue weighted by atomic mass is 10.0. The van der Waals surface area contributed by atoms with Crippen LogP contribution in [0.2, 0.25) is 5.02 Å². The molecule has 0 spiro atoms. The van der Waals surface area contributed by atoms with Gasteiger partial charge >= 0.3 is 5.97 Å². The topological polar surface area (TPSA) is 90.4 Å². The Bertz CT molecular complexity index is 1000. The largest absolute Gasteiger partial charge is 0.465 e. The van der Waals surface area contributed by atoms with Gasteiger partial charge in [0.2, 0.25) is 0 Å². The Balaban J connectivity index is 2.08. The van der Waals surface area contributed by atoms with E-state index in [0.29, 0.717) is 34.8 Å². The number of carbonyl (C=O) groups excluding carboxylic acids is 1. The van der Waals surface area contributed by atoms with Gasteiger partial charge in [-0.15, -0.1) is 0 Å². The number of benzene rings is 1. The zero-order valence-electron chi connectivity index (χ0n) is 16.2. The molecule has 0 unspecified atom stereocenters. The maximum Gasteiger partial charge on any atom is 0.344 e. The standard InChI is InChI=1S/C20H22ClN3O4/c1-12-14(11-22-24(12)10-9-20(2,3)26)18-16(19(25)27-4)17(23-28-18)13-7-5-6-8-15(13)21/h5-8,11,26H,9-10H2,1-4H3. The number of hydrogen-bond acceptors (Lipinski definition) is 6. The minimum absolute atomic E-state index is 0.195. The molecule has 1 N–H and O–H groups in total. The zero-order valence-corrected chi connectivity index (χ0v) is 16.9. The average molecular weight is 404 g/mol. The minimum Gasteiger partial charge on any atom is -0.465 e. The SMILES string of the molecule is COC(=O)c1c(-c2ccccc2Cl)noc1-c1cnn(CCC(C)(C)O)c1C. The number of esters is 1. The molecule has 0 fully saturated rings. The summed E-state index contributed by atoms with van der Waals surface area (Å²) in [6, 6.07) is 7.07. The maximum absolute atomic E-state index is 12.5.